The van der Waals surface area contributed by atoms with Crippen LogP contribution in [0.4, 0.5) is 5.69 Å². The Hall–Kier alpha value is -4.21. The fourth-order valence-corrected chi connectivity index (χ4v) is 4.55. The molecule has 0 radical (unpaired) electrons. The smallest absolute Gasteiger partial charge is 0.349 e. The molecule has 4 aromatic rings. The van der Waals surface area contributed by atoms with Gasteiger partial charge in [-0.1, -0.05) is 30.5 Å². The molecule has 0 bridgehead atoms. The molecule has 0 aliphatic heterocycles. The van der Waals surface area contributed by atoms with E-state index in [0.29, 0.717) is 11.3 Å². The summed E-state index contributed by atoms with van der Waals surface area (Å²) in [7, 11) is 1.51. The number of anilines is 1. The van der Waals surface area contributed by atoms with Crippen molar-refractivity contribution in [1.82, 2.24) is 24.1 Å². The predicted octanol–water partition coefficient (Wildman–Crippen LogP) is 1.97. The molecule has 0 spiro atoms. The van der Waals surface area contributed by atoms with Crippen LogP contribution in [0.25, 0.3) is 16.7 Å². The molecule has 1 aliphatic carbocycles. The van der Waals surface area contributed by atoms with Crippen molar-refractivity contribution in [2.45, 2.75) is 45.2 Å². The Morgan fingerprint density at radius 1 is 1.06 bits per heavy atom. The van der Waals surface area contributed by atoms with E-state index in [-0.39, 0.29) is 40.7 Å². The third-order valence-electron chi connectivity index (χ3n) is 6.48. The number of aromatic nitrogens is 4. The van der Waals surface area contributed by atoms with E-state index in [4.69, 9.17) is 0 Å². The number of hydrogen-bond donors (Lipinski definition) is 2. The zero-order valence-corrected chi connectivity index (χ0v) is 19.6. The highest BCUT2D eigenvalue weighted by molar-refractivity contribution is 5.98. The molecule has 5 rings (SSSR count). The largest absolute Gasteiger partial charge is 0.352 e. The van der Waals surface area contributed by atoms with Crippen molar-refractivity contribution in [2.75, 3.05) is 5.32 Å². The van der Waals surface area contributed by atoms with Crippen molar-refractivity contribution >= 4 is 34.2 Å². The maximum Gasteiger partial charge on any atom is 0.352 e. The van der Waals surface area contributed by atoms with Crippen molar-refractivity contribution in [3.05, 3.63) is 74.4 Å². The standard InChI is InChI=1S/C25H26N6O4/c1-15-7-10-18(11-8-15)26-21(32)14-30-25(35)31-20-13-16(22(33)27-17-5-3-4-6-17)9-12-19(20)23(34)29(2)24(31)28-30/h7-13,17H,3-6,14H2,1-2H3,(H,26,32)(H,27,33). The van der Waals surface area contributed by atoms with Crippen LogP contribution >= 0.6 is 0 Å². The number of rotatable bonds is 5. The minimum Gasteiger partial charge on any atom is -0.349 e. The van der Waals surface area contributed by atoms with E-state index in [9.17, 15) is 19.2 Å². The van der Waals surface area contributed by atoms with Gasteiger partial charge in [0.25, 0.3) is 11.5 Å². The van der Waals surface area contributed by atoms with Gasteiger partial charge in [-0.15, -0.1) is 5.10 Å². The summed E-state index contributed by atoms with van der Waals surface area (Å²) in [6.07, 6.45) is 4.07. The normalized spacial score (nSPS) is 14.0. The van der Waals surface area contributed by atoms with Gasteiger partial charge in [0.15, 0.2) is 0 Å². The number of nitrogens with zero attached hydrogens (tertiary/aromatic N) is 4. The second-order valence-electron chi connectivity index (χ2n) is 9.04. The van der Waals surface area contributed by atoms with Crippen molar-refractivity contribution in [1.29, 1.82) is 0 Å². The third-order valence-corrected chi connectivity index (χ3v) is 6.48. The summed E-state index contributed by atoms with van der Waals surface area (Å²) < 4.78 is 3.54. The van der Waals surface area contributed by atoms with Gasteiger partial charge in [-0.2, -0.15) is 0 Å². The molecule has 2 amide bonds. The number of nitrogens with one attached hydrogen (secondary N) is 2. The second-order valence-corrected chi connectivity index (χ2v) is 9.04. The van der Waals surface area contributed by atoms with Gasteiger partial charge < -0.3 is 10.6 Å². The highest BCUT2D eigenvalue weighted by Gasteiger charge is 2.21. The van der Waals surface area contributed by atoms with Gasteiger partial charge in [-0.25, -0.2) is 13.9 Å². The van der Waals surface area contributed by atoms with Crippen LogP contribution < -0.4 is 21.9 Å². The van der Waals surface area contributed by atoms with Crippen LogP contribution in [-0.2, 0) is 18.4 Å². The zero-order valence-electron chi connectivity index (χ0n) is 19.6. The lowest BCUT2D eigenvalue weighted by Crippen LogP contribution is -2.32. The molecule has 0 saturated heterocycles. The molecule has 2 aromatic carbocycles. The summed E-state index contributed by atoms with van der Waals surface area (Å²) in [4.78, 5) is 51.6. The minimum atomic E-state index is -0.576. The molecule has 2 heterocycles. The van der Waals surface area contributed by atoms with Gasteiger partial charge in [0.1, 0.15) is 6.54 Å². The first-order valence-electron chi connectivity index (χ1n) is 11.6. The van der Waals surface area contributed by atoms with Gasteiger partial charge in [0.05, 0.1) is 10.9 Å². The van der Waals surface area contributed by atoms with E-state index < -0.39 is 11.6 Å². The monoisotopic (exact) mass is 474 g/mol. The summed E-state index contributed by atoms with van der Waals surface area (Å²) in [5.74, 6) is -0.583. The third kappa shape index (κ3) is 4.23. The maximum atomic E-state index is 13.3. The van der Waals surface area contributed by atoms with E-state index in [1.54, 1.807) is 24.3 Å². The molecule has 2 N–H and O–H groups in total. The Balaban J connectivity index is 1.52. The summed E-state index contributed by atoms with van der Waals surface area (Å²) in [6, 6.07) is 12.1. The topological polar surface area (TPSA) is 120 Å². The zero-order chi connectivity index (χ0) is 24.7. The Bertz CT molecular complexity index is 1570. The van der Waals surface area contributed by atoms with Crippen molar-refractivity contribution in [3.63, 3.8) is 0 Å². The van der Waals surface area contributed by atoms with Crippen molar-refractivity contribution in [3.8, 4) is 0 Å². The Morgan fingerprint density at radius 2 is 1.77 bits per heavy atom. The molecule has 35 heavy (non-hydrogen) atoms. The Kier molecular flexibility index (Phi) is 5.72. The molecule has 1 aliphatic rings. The molecule has 0 atom stereocenters. The van der Waals surface area contributed by atoms with Crippen LogP contribution in [0.15, 0.2) is 52.1 Å². The molecular weight excluding hydrogens is 448 g/mol. The highest BCUT2D eigenvalue weighted by atomic mass is 16.2. The number of carbonyl (C=O) groups excluding carboxylic acids is 2. The number of amides is 2. The van der Waals surface area contributed by atoms with Crippen molar-refractivity contribution in [2.24, 2.45) is 7.05 Å². The van der Waals surface area contributed by atoms with E-state index >= 15 is 0 Å². The van der Waals surface area contributed by atoms with Crippen LogP contribution in [0.2, 0.25) is 0 Å². The SMILES string of the molecule is Cc1ccc(NC(=O)Cn2nc3n(C)c(=O)c4ccc(C(=O)NC5CCCC5)cc4n3c2=O)cc1. The van der Waals surface area contributed by atoms with E-state index in [1.165, 1.54) is 22.1 Å². The van der Waals surface area contributed by atoms with E-state index in [0.717, 1.165) is 35.9 Å². The number of aryl methyl sites for hydroxylation is 2. The van der Waals surface area contributed by atoms with Crippen LogP contribution in [0, 0.1) is 6.92 Å². The van der Waals surface area contributed by atoms with Gasteiger partial charge >= 0.3 is 5.69 Å². The van der Waals surface area contributed by atoms with Crippen LogP contribution in [0.3, 0.4) is 0 Å². The average molecular weight is 475 g/mol. The fraction of sp³-hybridized carbons (Fsp3) is 0.320. The minimum absolute atomic E-state index is 0.0870. The quantitative estimate of drug-likeness (QED) is 0.458. The number of hydrogen-bond acceptors (Lipinski definition) is 5. The lowest BCUT2D eigenvalue weighted by molar-refractivity contribution is -0.117. The molecule has 2 aromatic heterocycles. The molecule has 1 saturated carbocycles. The lowest BCUT2D eigenvalue weighted by atomic mass is 10.1. The molecular formula is C25H26N6O4. The number of carbonyl (C=O) groups is 2. The predicted molar refractivity (Wildman–Crippen MR) is 132 cm³/mol. The Labute approximate surface area is 200 Å². The average Bonchev–Trinajstić information content (AvgIpc) is 3.46. The van der Waals surface area contributed by atoms with Gasteiger partial charge in [0, 0.05) is 24.3 Å². The van der Waals surface area contributed by atoms with Crippen LogP contribution in [0.1, 0.15) is 41.6 Å². The second kappa shape index (κ2) is 8.86. The van der Waals surface area contributed by atoms with Crippen LogP contribution in [-0.4, -0.2) is 36.6 Å². The molecule has 10 heteroatoms. The first-order valence-corrected chi connectivity index (χ1v) is 11.6. The highest BCUT2D eigenvalue weighted by Crippen LogP contribution is 2.19. The first kappa shape index (κ1) is 22.6. The summed E-state index contributed by atoms with van der Waals surface area (Å²) in [6.45, 7) is 1.62. The number of fused-ring (bicyclic) bond motifs is 3. The molecule has 180 valence electrons. The van der Waals surface area contributed by atoms with Crippen molar-refractivity contribution < 1.29 is 9.59 Å². The number of benzene rings is 2. The van der Waals surface area contributed by atoms with Gasteiger partial charge in [-0.05, 0) is 50.1 Å². The van der Waals surface area contributed by atoms with E-state index in [2.05, 4.69) is 15.7 Å². The van der Waals surface area contributed by atoms with Gasteiger partial charge in [-0.3, -0.25) is 19.0 Å². The first-order chi connectivity index (χ1) is 16.8. The lowest BCUT2D eigenvalue weighted by Gasteiger charge is -2.12. The maximum absolute atomic E-state index is 13.3. The van der Waals surface area contributed by atoms with E-state index in [1.807, 2.05) is 19.1 Å². The van der Waals surface area contributed by atoms with Gasteiger partial charge in [0.2, 0.25) is 11.7 Å². The van der Waals surface area contributed by atoms with Crippen LogP contribution in [0.5, 0.6) is 0 Å². The summed E-state index contributed by atoms with van der Waals surface area (Å²) in [5.41, 5.74) is 1.37. The molecule has 10 nitrogen and oxygen atoms in total. The fourth-order valence-electron chi connectivity index (χ4n) is 4.55. The molecule has 0 unspecified atom stereocenters. The summed E-state index contributed by atoms with van der Waals surface area (Å²) in [5, 5.41) is 10.3. The summed E-state index contributed by atoms with van der Waals surface area (Å²) >= 11 is 0. The Morgan fingerprint density at radius 3 is 2.49 bits per heavy atom. The molecule has 1 fully saturated rings.